The van der Waals surface area contributed by atoms with E-state index in [-0.39, 0.29) is 5.82 Å². The minimum absolute atomic E-state index is 0.274. The maximum absolute atomic E-state index is 13.1. The second kappa shape index (κ2) is 3.29. The zero-order valence-corrected chi connectivity index (χ0v) is 8.83. The van der Waals surface area contributed by atoms with Gasteiger partial charge in [0.1, 0.15) is 5.82 Å². The van der Waals surface area contributed by atoms with Crippen LogP contribution >= 0.6 is 0 Å². The average Bonchev–Trinajstić information content (AvgIpc) is 2.42. The van der Waals surface area contributed by atoms with E-state index in [0.29, 0.717) is 19.3 Å². The van der Waals surface area contributed by atoms with E-state index in [1.807, 2.05) is 6.07 Å². The fourth-order valence-corrected chi connectivity index (χ4v) is 2.39. The molecule has 1 aliphatic carbocycles. The van der Waals surface area contributed by atoms with Crippen molar-refractivity contribution >= 4 is 0 Å². The van der Waals surface area contributed by atoms with Crippen LogP contribution in [0.25, 0.3) is 0 Å². The molecule has 0 heterocycles. The van der Waals surface area contributed by atoms with Crippen LogP contribution in [0.1, 0.15) is 31.7 Å². The molecule has 2 unspecified atom stereocenters. The average molecular weight is 209 g/mol. The SMILES string of the molecule is CC1(O)CCC(N)(c2cccc(F)c2)C1. The highest BCUT2D eigenvalue weighted by Crippen LogP contribution is 2.42. The molecule has 1 fully saturated rings. The van der Waals surface area contributed by atoms with Crippen LogP contribution in [0.3, 0.4) is 0 Å². The normalized spacial score (nSPS) is 35.7. The first-order chi connectivity index (χ1) is 6.91. The molecular weight excluding hydrogens is 193 g/mol. The van der Waals surface area contributed by atoms with Gasteiger partial charge in [-0.25, -0.2) is 4.39 Å². The van der Waals surface area contributed by atoms with Crippen molar-refractivity contribution in [1.82, 2.24) is 0 Å². The monoisotopic (exact) mass is 209 g/mol. The third-order valence-electron chi connectivity index (χ3n) is 3.21. The van der Waals surface area contributed by atoms with Gasteiger partial charge in [0, 0.05) is 5.54 Å². The summed E-state index contributed by atoms with van der Waals surface area (Å²) < 4.78 is 13.1. The second-order valence-electron chi connectivity index (χ2n) is 4.84. The van der Waals surface area contributed by atoms with Crippen molar-refractivity contribution in [2.24, 2.45) is 5.73 Å². The molecule has 0 spiro atoms. The molecule has 1 aromatic carbocycles. The molecule has 1 aliphatic rings. The zero-order valence-electron chi connectivity index (χ0n) is 8.83. The Morgan fingerprint density at radius 1 is 1.40 bits per heavy atom. The summed E-state index contributed by atoms with van der Waals surface area (Å²) in [5, 5.41) is 9.89. The molecule has 1 aromatic rings. The molecule has 0 saturated heterocycles. The van der Waals surface area contributed by atoms with Gasteiger partial charge in [0.2, 0.25) is 0 Å². The summed E-state index contributed by atoms with van der Waals surface area (Å²) in [5.74, 6) is -0.274. The van der Waals surface area contributed by atoms with Gasteiger partial charge in [0.15, 0.2) is 0 Å². The second-order valence-corrected chi connectivity index (χ2v) is 4.84. The molecule has 2 rings (SSSR count). The van der Waals surface area contributed by atoms with E-state index in [2.05, 4.69) is 0 Å². The van der Waals surface area contributed by atoms with Crippen molar-refractivity contribution in [3.8, 4) is 0 Å². The van der Waals surface area contributed by atoms with Gasteiger partial charge in [0.05, 0.1) is 5.60 Å². The van der Waals surface area contributed by atoms with Crippen LogP contribution < -0.4 is 5.73 Å². The Labute approximate surface area is 88.9 Å². The van der Waals surface area contributed by atoms with Crippen LogP contribution in [0.2, 0.25) is 0 Å². The summed E-state index contributed by atoms with van der Waals surface area (Å²) in [7, 11) is 0. The summed E-state index contributed by atoms with van der Waals surface area (Å²) in [6.07, 6.45) is 1.85. The molecule has 3 N–H and O–H groups in total. The Kier molecular flexibility index (Phi) is 2.32. The molecule has 0 radical (unpaired) electrons. The van der Waals surface area contributed by atoms with Crippen LogP contribution in [0, 0.1) is 5.82 Å². The van der Waals surface area contributed by atoms with E-state index < -0.39 is 11.1 Å². The highest BCUT2D eigenvalue weighted by molar-refractivity contribution is 5.27. The molecule has 0 amide bonds. The minimum Gasteiger partial charge on any atom is -0.390 e. The van der Waals surface area contributed by atoms with Crippen LogP contribution in [-0.4, -0.2) is 10.7 Å². The topological polar surface area (TPSA) is 46.2 Å². The van der Waals surface area contributed by atoms with Gasteiger partial charge in [-0.3, -0.25) is 0 Å². The van der Waals surface area contributed by atoms with Crippen molar-refractivity contribution in [1.29, 1.82) is 0 Å². The predicted molar refractivity (Wildman–Crippen MR) is 56.7 cm³/mol. The van der Waals surface area contributed by atoms with Crippen molar-refractivity contribution in [2.45, 2.75) is 37.3 Å². The Balaban J connectivity index is 2.31. The molecule has 82 valence electrons. The third kappa shape index (κ3) is 2.03. The van der Waals surface area contributed by atoms with E-state index in [4.69, 9.17) is 5.73 Å². The molecule has 2 nitrogen and oxygen atoms in total. The first kappa shape index (κ1) is 10.6. The Morgan fingerprint density at radius 3 is 2.67 bits per heavy atom. The highest BCUT2D eigenvalue weighted by atomic mass is 19.1. The summed E-state index contributed by atoms with van der Waals surface area (Å²) in [6, 6.07) is 6.35. The lowest BCUT2D eigenvalue weighted by atomic mass is 9.88. The highest BCUT2D eigenvalue weighted by Gasteiger charge is 2.43. The van der Waals surface area contributed by atoms with Gasteiger partial charge < -0.3 is 10.8 Å². The number of rotatable bonds is 1. The smallest absolute Gasteiger partial charge is 0.123 e. The summed E-state index contributed by atoms with van der Waals surface area (Å²) in [5.41, 5.74) is 5.68. The largest absolute Gasteiger partial charge is 0.390 e. The van der Waals surface area contributed by atoms with Crippen LogP contribution in [0.5, 0.6) is 0 Å². The number of hydrogen-bond donors (Lipinski definition) is 2. The number of nitrogens with two attached hydrogens (primary N) is 1. The molecule has 0 aliphatic heterocycles. The predicted octanol–water partition coefficient (Wildman–Crippen LogP) is 1.91. The molecule has 0 aromatic heterocycles. The number of hydrogen-bond acceptors (Lipinski definition) is 2. The first-order valence-corrected chi connectivity index (χ1v) is 5.19. The fraction of sp³-hybridized carbons (Fsp3) is 0.500. The van der Waals surface area contributed by atoms with Gasteiger partial charge >= 0.3 is 0 Å². The van der Waals surface area contributed by atoms with Gasteiger partial charge in [-0.15, -0.1) is 0 Å². The molecule has 1 saturated carbocycles. The quantitative estimate of drug-likeness (QED) is 0.742. The van der Waals surface area contributed by atoms with E-state index in [1.165, 1.54) is 12.1 Å². The van der Waals surface area contributed by atoms with Gasteiger partial charge in [-0.1, -0.05) is 12.1 Å². The Bertz CT molecular complexity index is 378. The zero-order chi connectivity index (χ0) is 11.1. The lowest BCUT2D eigenvalue weighted by molar-refractivity contribution is 0.0611. The van der Waals surface area contributed by atoms with Crippen molar-refractivity contribution in [3.05, 3.63) is 35.6 Å². The van der Waals surface area contributed by atoms with Crippen LogP contribution in [0.4, 0.5) is 4.39 Å². The first-order valence-electron chi connectivity index (χ1n) is 5.19. The Morgan fingerprint density at radius 2 is 2.13 bits per heavy atom. The van der Waals surface area contributed by atoms with Crippen LogP contribution in [0.15, 0.2) is 24.3 Å². The molecule has 2 atom stereocenters. The maximum Gasteiger partial charge on any atom is 0.123 e. The molecule has 3 heteroatoms. The number of benzene rings is 1. The molecular formula is C12H16FNO. The van der Waals surface area contributed by atoms with Gasteiger partial charge in [-0.2, -0.15) is 0 Å². The maximum atomic E-state index is 13.1. The fourth-order valence-electron chi connectivity index (χ4n) is 2.39. The van der Waals surface area contributed by atoms with E-state index in [0.717, 1.165) is 5.56 Å². The molecule has 0 bridgehead atoms. The lowest BCUT2D eigenvalue weighted by Gasteiger charge is -2.26. The number of aliphatic hydroxyl groups is 1. The van der Waals surface area contributed by atoms with E-state index >= 15 is 0 Å². The van der Waals surface area contributed by atoms with Crippen molar-refractivity contribution in [3.63, 3.8) is 0 Å². The lowest BCUT2D eigenvalue weighted by Crippen LogP contribution is -2.36. The van der Waals surface area contributed by atoms with E-state index in [1.54, 1.807) is 13.0 Å². The van der Waals surface area contributed by atoms with Crippen molar-refractivity contribution in [2.75, 3.05) is 0 Å². The van der Waals surface area contributed by atoms with E-state index in [9.17, 15) is 9.50 Å². The van der Waals surface area contributed by atoms with Gasteiger partial charge in [0.25, 0.3) is 0 Å². The third-order valence-corrected chi connectivity index (χ3v) is 3.21. The molecule has 15 heavy (non-hydrogen) atoms. The Hall–Kier alpha value is -0.930. The van der Waals surface area contributed by atoms with Gasteiger partial charge in [-0.05, 0) is 43.9 Å². The summed E-state index contributed by atoms with van der Waals surface area (Å²) in [4.78, 5) is 0. The number of halogens is 1. The van der Waals surface area contributed by atoms with Crippen molar-refractivity contribution < 1.29 is 9.50 Å². The summed E-state index contributed by atoms with van der Waals surface area (Å²) >= 11 is 0. The minimum atomic E-state index is -0.721. The van der Waals surface area contributed by atoms with Crippen LogP contribution in [-0.2, 0) is 5.54 Å². The summed E-state index contributed by atoms with van der Waals surface area (Å²) in [6.45, 7) is 1.78. The standard InChI is InChI=1S/C12H16FNO/c1-11(15)5-6-12(14,8-11)9-3-2-4-10(13)7-9/h2-4,7,15H,5-6,8,14H2,1H3.